The van der Waals surface area contributed by atoms with Gasteiger partial charge in [-0.2, -0.15) is 0 Å². The van der Waals surface area contributed by atoms with Crippen LogP contribution in [0.15, 0.2) is 83.8 Å². The Balaban J connectivity index is 1.44. The van der Waals surface area contributed by atoms with Crippen LogP contribution in [0.25, 0.3) is 6.08 Å². The van der Waals surface area contributed by atoms with E-state index in [1.807, 2.05) is 73.7 Å². The standard InChI is InChI=1S/C26H22N2O4S/c1-18-11-13-21(14-12-18)27-24(29)16-28-25(30)23(33-26(28)31)15-20-9-5-6-10-22(20)32-17-19-7-3-2-4-8-19/h2-15H,16-17H2,1H3,(H,27,29)/b23-15+. The minimum Gasteiger partial charge on any atom is -0.488 e. The Morgan fingerprint density at radius 3 is 2.42 bits per heavy atom. The number of para-hydroxylation sites is 1. The molecule has 0 spiro atoms. The van der Waals surface area contributed by atoms with Gasteiger partial charge < -0.3 is 10.1 Å². The van der Waals surface area contributed by atoms with Crippen LogP contribution in [0.4, 0.5) is 10.5 Å². The summed E-state index contributed by atoms with van der Waals surface area (Å²) in [5.74, 6) is -0.332. The number of hydrogen-bond donors (Lipinski definition) is 1. The molecule has 0 radical (unpaired) electrons. The molecule has 0 atom stereocenters. The molecule has 0 unspecified atom stereocenters. The molecule has 166 valence electrons. The first-order chi connectivity index (χ1) is 16.0. The summed E-state index contributed by atoms with van der Waals surface area (Å²) in [5.41, 5.74) is 3.38. The molecule has 0 bridgehead atoms. The number of nitrogens with zero attached hydrogens (tertiary/aromatic N) is 1. The Morgan fingerprint density at radius 2 is 1.67 bits per heavy atom. The van der Waals surface area contributed by atoms with Crippen molar-refractivity contribution in [2.75, 3.05) is 11.9 Å². The number of thioether (sulfide) groups is 1. The smallest absolute Gasteiger partial charge is 0.294 e. The molecule has 0 aromatic heterocycles. The van der Waals surface area contributed by atoms with Crippen molar-refractivity contribution >= 4 is 40.6 Å². The van der Waals surface area contributed by atoms with E-state index >= 15 is 0 Å². The van der Waals surface area contributed by atoms with Crippen molar-refractivity contribution in [1.29, 1.82) is 0 Å². The third-order valence-corrected chi connectivity index (χ3v) is 5.86. The Bertz CT molecular complexity index is 1210. The second kappa shape index (κ2) is 10.2. The molecule has 1 saturated heterocycles. The van der Waals surface area contributed by atoms with Crippen molar-refractivity contribution in [2.24, 2.45) is 0 Å². The highest BCUT2D eigenvalue weighted by Crippen LogP contribution is 2.34. The van der Waals surface area contributed by atoms with Gasteiger partial charge in [0.15, 0.2) is 0 Å². The van der Waals surface area contributed by atoms with E-state index in [1.165, 1.54) is 0 Å². The van der Waals surface area contributed by atoms with Gasteiger partial charge >= 0.3 is 0 Å². The fraction of sp³-hybridized carbons (Fsp3) is 0.115. The van der Waals surface area contributed by atoms with E-state index < -0.39 is 17.1 Å². The Hall–Kier alpha value is -3.84. The van der Waals surface area contributed by atoms with Crippen LogP contribution in [0.1, 0.15) is 16.7 Å². The first-order valence-electron chi connectivity index (χ1n) is 10.4. The molecule has 33 heavy (non-hydrogen) atoms. The summed E-state index contributed by atoms with van der Waals surface area (Å²) in [6, 6.07) is 24.4. The van der Waals surface area contributed by atoms with Crippen LogP contribution >= 0.6 is 11.8 Å². The summed E-state index contributed by atoms with van der Waals surface area (Å²) in [4.78, 5) is 38.8. The van der Waals surface area contributed by atoms with E-state index in [0.29, 0.717) is 23.6 Å². The van der Waals surface area contributed by atoms with Gasteiger partial charge in [-0.15, -0.1) is 0 Å². The van der Waals surface area contributed by atoms with E-state index in [9.17, 15) is 14.4 Å². The molecule has 4 rings (SSSR count). The fourth-order valence-electron chi connectivity index (χ4n) is 3.23. The van der Waals surface area contributed by atoms with Gasteiger partial charge in [-0.3, -0.25) is 19.3 Å². The number of anilines is 1. The van der Waals surface area contributed by atoms with Crippen molar-refractivity contribution < 1.29 is 19.1 Å². The first kappa shape index (κ1) is 22.4. The predicted molar refractivity (Wildman–Crippen MR) is 130 cm³/mol. The van der Waals surface area contributed by atoms with E-state index in [-0.39, 0.29) is 11.4 Å². The number of nitrogens with one attached hydrogen (secondary N) is 1. The average molecular weight is 459 g/mol. The molecule has 0 aliphatic carbocycles. The highest BCUT2D eigenvalue weighted by molar-refractivity contribution is 8.18. The summed E-state index contributed by atoms with van der Waals surface area (Å²) < 4.78 is 5.93. The third-order valence-electron chi connectivity index (χ3n) is 4.95. The lowest BCUT2D eigenvalue weighted by Crippen LogP contribution is -2.36. The van der Waals surface area contributed by atoms with Crippen LogP contribution in [0, 0.1) is 6.92 Å². The van der Waals surface area contributed by atoms with Gasteiger partial charge in [0.05, 0.1) is 4.91 Å². The van der Waals surface area contributed by atoms with Gasteiger partial charge in [-0.1, -0.05) is 66.2 Å². The van der Waals surface area contributed by atoms with Crippen LogP contribution in [0.2, 0.25) is 0 Å². The highest BCUT2D eigenvalue weighted by Gasteiger charge is 2.36. The van der Waals surface area contributed by atoms with Gasteiger partial charge in [-0.25, -0.2) is 0 Å². The van der Waals surface area contributed by atoms with Crippen LogP contribution in [-0.2, 0) is 16.2 Å². The summed E-state index contributed by atoms with van der Waals surface area (Å²) >= 11 is 0.813. The predicted octanol–water partition coefficient (Wildman–Crippen LogP) is 5.25. The molecule has 3 amide bonds. The van der Waals surface area contributed by atoms with Gasteiger partial charge in [0.2, 0.25) is 5.91 Å². The minimum atomic E-state index is -0.498. The molecule has 3 aromatic rings. The second-order valence-corrected chi connectivity index (χ2v) is 8.49. The maximum absolute atomic E-state index is 12.8. The second-order valence-electron chi connectivity index (χ2n) is 7.49. The number of benzene rings is 3. The van der Waals surface area contributed by atoms with E-state index in [4.69, 9.17) is 4.74 Å². The number of carbonyl (C=O) groups excluding carboxylic acids is 3. The summed E-state index contributed by atoms with van der Waals surface area (Å²) in [5, 5.41) is 2.23. The molecule has 1 N–H and O–H groups in total. The number of amides is 3. The van der Waals surface area contributed by atoms with Crippen LogP contribution in [0.3, 0.4) is 0 Å². The van der Waals surface area contributed by atoms with Crippen molar-refractivity contribution in [2.45, 2.75) is 13.5 Å². The summed E-state index contributed by atoms with van der Waals surface area (Å²) in [6.07, 6.45) is 1.63. The largest absolute Gasteiger partial charge is 0.488 e. The van der Waals surface area contributed by atoms with Gasteiger partial charge in [0.1, 0.15) is 18.9 Å². The number of carbonyl (C=O) groups is 3. The Morgan fingerprint density at radius 1 is 0.970 bits per heavy atom. The van der Waals surface area contributed by atoms with E-state index in [0.717, 1.165) is 27.8 Å². The monoisotopic (exact) mass is 458 g/mol. The number of aryl methyl sites for hydroxylation is 1. The minimum absolute atomic E-state index is 0.249. The van der Waals surface area contributed by atoms with Crippen LogP contribution in [0.5, 0.6) is 5.75 Å². The van der Waals surface area contributed by atoms with Crippen molar-refractivity contribution in [1.82, 2.24) is 4.90 Å². The zero-order valence-electron chi connectivity index (χ0n) is 18.0. The summed E-state index contributed by atoms with van der Waals surface area (Å²) in [6.45, 7) is 1.98. The van der Waals surface area contributed by atoms with Crippen molar-refractivity contribution in [3.8, 4) is 5.75 Å². The lowest BCUT2D eigenvalue weighted by atomic mass is 10.1. The van der Waals surface area contributed by atoms with E-state index in [2.05, 4.69) is 5.32 Å². The molecular formula is C26H22N2O4S. The molecule has 0 saturated carbocycles. The first-order valence-corrected chi connectivity index (χ1v) is 11.2. The fourth-order valence-corrected chi connectivity index (χ4v) is 4.05. The topological polar surface area (TPSA) is 75.7 Å². The molecular weight excluding hydrogens is 436 g/mol. The normalized spacial score (nSPS) is 14.6. The third kappa shape index (κ3) is 5.70. The number of imide groups is 1. The van der Waals surface area contributed by atoms with Crippen molar-refractivity contribution in [3.63, 3.8) is 0 Å². The molecule has 6 nitrogen and oxygen atoms in total. The zero-order chi connectivity index (χ0) is 23.2. The highest BCUT2D eigenvalue weighted by atomic mass is 32.2. The quantitative estimate of drug-likeness (QED) is 0.490. The SMILES string of the molecule is Cc1ccc(NC(=O)CN2C(=O)S/C(=C/c3ccccc3OCc3ccccc3)C2=O)cc1. The van der Waals surface area contributed by atoms with Gasteiger partial charge in [0, 0.05) is 11.3 Å². The average Bonchev–Trinajstić information content (AvgIpc) is 3.08. The summed E-state index contributed by atoms with van der Waals surface area (Å²) in [7, 11) is 0. The van der Waals surface area contributed by atoms with Gasteiger partial charge in [0.25, 0.3) is 11.1 Å². The number of rotatable bonds is 7. The maximum Gasteiger partial charge on any atom is 0.294 e. The lowest BCUT2D eigenvalue weighted by molar-refractivity contribution is -0.127. The maximum atomic E-state index is 12.8. The molecule has 7 heteroatoms. The lowest BCUT2D eigenvalue weighted by Gasteiger charge is -2.12. The van der Waals surface area contributed by atoms with Crippen LogP contribution in [-0.4, -0.2) is 28.5 Å². The molecule has 1 aliphatic heterocycles. The molecule has 1 heterocycles. The molecule has 1 aliphatic rings. The zero-order valence-corrected chi connectivity index (χ0v) is 18.8. The van der Waals surface area contributed by atoms with Crippen molar-refractivity contribution in [3.05, 3.63) is 100 Å². The number of hydrogen-bond acceptors (Lipinski definition) is 5. The van der Waals surface area contributed by atoms with E-state index in [1.54, 1.807) is 18.2 Å². The molecule has 1 fully saturated rings. The van der Waals surface area contributed by atoms with Gasteiger partial charge in [-0.05, 0) is 48.5 Å². The van der Waals surface area contributed by atoms with Crippen LogP contribution < -0.4 is 10.1 Å². The Labute approximate surface area is 196 Å². The number of ether oxygens (including phenoxy) is 1. The Kier molecular flexibility index (Phi) is 6.90. The molecule has 3 aromatic carbocycles.